The maximum Gasteiger partial charge on any atom is 0.262 e. The average Bonchev–Trinajstić information content (AvgIpc) is 2.74. The van der Waals surface area contributed by atoms with Crippen LogP contribution in [-0.4, -0.2) is 19.1 Å². The van der Waals surface area contributed by atoms with E-state index in [1.165, 1.54) is 24.3 Å². The van der Waals surface area contributed by atoms with Crippen molar-refractivity contribution in [3.05, 3.63) is 84.2 Å². The topological polar surface area (TPSA) is 59.6 Å². The molecule has 6 heteroatoms. The molecule has 0 aliphatic rings. The van der Waals surface area contributed by atoms with Crippen molar-refractivity contribution < 1.29 is 18.7 Å². The fourth-order valence-corrected chi connectivity index (χ4v) is 2.68. The van der Waals surface area contributed by atoms with E-state index >= 15 is 0 Å². The van der Waals surface area contributed by atoms with Crippen LogP contribution in [0.2, 0.25) is 0 Å². The predicted octanol–water partition coefficient (Wildman–Crippen LogP) is 4.85. The van der Waals surface area contributed by atoms with E-state index in [9.17, 15) is 9.18 Å². The molecular formula is C23H23FN2O3. The third-order valence-electron chi connectivity index (χ3n) is 4.07. The van der Waals surface area contributed by atoms with E-state index in [4.69, 9.17) is 9.47 Å². The van der Waals surface area contributed by atoms with Gasteiger partial charge in [-0.1, -0.05) is 24.3 Å². The van der Waals surface area contributed by atoms with Gasteiger partial charge in [0, 0.05) is 17.9 Å². The molecule has 0 bridgehead atoms. The van der Waals surface area contributed by atoms with Crippen LogP contribution in [0, 0.1) is 5.82 Å². The summed E-state index contributed by atoms with van der Waals surface area (Å²) in [5.74, 6) is 0.371. The Balaban J connectivity index is 1.59. The summed E-state index contributed by atoms with van der Waals surface area (Å²) in [4.78, 5) is 12.1. The van der Waals surface area contributed by atoms with Gasteiger partial charge in [0.25, 0.3) is 5.91 Å². The summed E-state index contributed by atoms with van der Waals surface area (Å²) in [7, 11) is 0. The Kier molecular flexibility index (Phi) is 7.05. The molecule has 150 valence electrons. The second kappa shape index (κ2) is 10.1. The number of ether oxygens (including phenoxy) is 2. The van der Waals surface area contributed by atoms with Gasteiger partial charge in [-0.25, -0.2) is 4.39 Å². The van der Waals surface area contributed by atoms with E-state index in [-0.39, 0.29) is 18.3 Å². The summed E-state index contributed by atoms with van der Waals surface area (Å²) in [5.41, 5.74) is 2.57. The second-order valence-electron chi connectivity index (χ2n) is 6.28. The molecule has 0 heterocycles. The predicted molar refractivity (Wildman–Crippen MR) is 112 cm³/mol. The lowest BCUT2D eigenvalue weighted by atomic mass is 10.2. The van der Waals surface area contributed by atoms with Crippen molar-refractivity contribution in [2.24, 2.45) is 0 Å². The van der Waals surface area contributed by atoms with Crippen molar-refractivity contribution in [3.8, 4) is 11.5 Å². The van der Waals surface area contributed by atoms with Gasteiger partial charge >= 0.3 is 0 Å². The van der Waals surface area contributed by atoms with Gasteiger partial charge in [0.05, 0.1) is 6.61 Å². The molecule has 3 rings (SSSR count). The first-order valence-corrected chi connectivity index (χ1v) is 9.37. The van der Waals surface area contributed by atoms with Crippen LogP contribution in [-0.2, 0) is 11.3 Å². The van der Waals surface area contributed by atoms with Gasteiger partial charge in [0.15, 0.2) is 18.1 Å². The zero-order valence-electron chi connectivity index (χ0n) is 16.2. The van der Waals surface area contributed by atoms with Gasteiger partial charge in [-0.15, -0.1) is 0 Å². The minimum Gasteiger partial charge on any atom is -0.490 e. The molecular weight excluding hydrogens is 371 g/mol. The molecule has 1 amide bonds. The molecule has 0 aromatic heterocycles. The van der Waals surface area contributed by atoms with Gasteiger partial charge in [-0.05, 0) is 61.0 Å². The number of rotatable bonds is 9. The number of para-hydroxylation sites is 1. The molecule has 0 saturated carbocycles. The number of carbonyl (C=O) groups is 1. The lowest BCUT2D eigenvalue weighted by molar-refractivity contribution is -0.118. The second-order valence-corrected chi connectivity index (χ2v) is 6.28. The molecule has 0 fully saturated rings. The average molecular weight is 394 g/mol. The van der Waals surface area contributed by atoms with Crippen molar-refractivity contribution in [1.82, 2.24) is 0 Å². The van der Waals surface area contributed by atoms with Crippen molar-refractivity contribution >= 4 is 17.3 Å². The summed E-state index contributed by atoms with van der Waals surface area (Å²) in [6.45, 7) is 2.82. The first kappa shape index (κ1) is 20.2. The molecule has 3 aromatic rings. The van der Waals surface area contributed by atoms with Crippen LogP contribution in [0.4, 0.5) is 15.8 Å². The lowest BCUT2D eigenvalue weighted by Crippen LogP contribution is -2.20. The number of hydrogen-bond acceptors (Lipinski definition) is 4. The van der Waals surface area contributed by atoms with Gasteiger partial charge < -0.3 is 20.1 Å². The van der Waals surface area contributed by atoms with Gasteiger partial charge in [0.1, 0.15) is 5.82 Å². The highest BCUT2D eigenvalue weighted by Gasteiger charge is 2.10. The van der Waals surface area contributed by atoms with Crippen LogP contribution in [0.3, 0.4) is 0 Å². The first-order chi connectivity index (χ1) is 14.1. The summed E-state index contributed by atoms with van der Waals surface area (Å²) >= 11 is 0. The highest BCUT2D eigenvalue weighted by molar-refractivity contribution is 5.91. The molecule has 0 spiro atoms. The quantitative estimate of drug-likeness (QED) is 0.544. The van der Waals surface area contributed by atoms with Crippen molar-refractivity contribution in [3.63, 3.8) is 0 Å². The Hall–Kier alpha value is -3.54. The van der Waals surface area contributed by atoms with E-state index in [0.29, 0.717) is 30.3 Å². The molecule has 0 aliphatic heterocycles. The van der Waals surface area contributed by atoms with Crippen LogP contribution >= 0.6 is 0 Å². The molecule has 0 unspecified atom stereocenters. The van der Waals surface area contributed by atoms with Crippen molar-refractivity contribution in [2.45, 2.75) is 13.5 Å². The molecule has 0 saturated heterocycles. The lowest BCUT2D eigenvalue weighted by Gasteiger charge is -2.14. The first-order valence-electron chi connectivity index (χ1n) is 9.37. The van der Waals surface area contributed by atoms with Crippen LogP contribution in [0.5, 0.6) is 11.5 Å². The Bertz CT molecular complexity index is 931. The Morgan fingerprint density at radius 1 is 0.897 bits per heavy atom. The Morgan fingerprint density at radius 3 is 2.38 bits per heavy atom. The third kappa shape index (κ3) is 6.24. The number of carbonyl (C=O) groups excluding carboxylic acids is 1. The zero-order valence-corrected chi connectivity index (χ0v) is 16.2. The largest absolute Gasteiger partial charge is 0.490 e. The molecule has 0 atom stereocenters. The SMILES string of the molecule is CCOc1cc(CNc2ccccc2)ccc1OCC(=O)Nc1ccc(F)cc1. The van der Waals surface area contributed by atoms with E-state index in [0.717, 1.165) is 11.3 Å². The smallest absolute Gasteiger partial charge is 0.262 e. The summed E-state index contributed by atoms with van der Waals surface area (Å²) in [6, 6.07) is 21.1. The van der Waals surface area contributed by atoms with Crippen molar-refractivity contribution in [2.75, 3.05) is 23.8 Å². The summed E-state index contributed by atoms with van der Waals surface area (Å²) in [5, 5.41) is 6.00. The molecule has 0 aliphatic carbocycles. The number of anilines is 2. The maximum atomic E-state index is 12.9. The normalized spacial score (nSPS) is 10.3. The fraction of sp³-hybridized carbons (Fsp3) is 0.174. The number of halogens is 1. The fourth-order valence-electron chi connectivity index (χ4n) is 2.68. The van der Waals surface area contributed by atoms with Gasteiger partial charge in [-0.2, -0.15) is 0 Å². The Labute approximate surface area is 169 Å². The highest BCUT2D eigenvalue weighted by Crippen LogP contribution is 2.29. The van der Waals surface area contributed by atoms with Crippen LogP contribution in [0.25, 0.3) is 0 Å². The monoisotopic (exact) mass is 394 g/mol. The maximum absolute atomic E-state index is 12.9. The molecule has 29 heavy (non-hydrogen) atoms. The van der Waals surface area contributed by atoms with Crippen LogP contribution in [0.15, 0.2) is 72.8 Å². The number of amides is 1. The Morgan fingerprint density at radius 2 is 1.66 bits per heavy atom. The highest BCUT2D eigenvalue weighted by atomic mass is 19.1. The minimum absolute atomic E-state index is 0.181. The molecule has 5 nitrogen and oxygen atoms in total. The molecule has 3 aromatic carbocycles. The van der Waals surface area contributed by atoms with E-state index in [2.05, 4.69) is 10.6 Å². The summed E-state index contributed by atoms with van der Waals surface area (Å²) < 4.78 is 24.2. The molecule has 2 N–H and O–H groups in total. The third-order valence-corrected chi connectivity index (χ3v) is 4.07. The van der Waals surface area contributed by atoms with E-state index < -0.39 is 0 Å². The number of nitrogens with one attached hydrogen (secondary N) is 2. The van der Waals surface area contributed by atoms with Crippen LogP contribution < -0.4 is 20.1 Å². The van der Waals surface area contributed by atoms with Crippen molar-refractivity contribution in [1.29, 1.82) is 0 Å². The summed E-state index contributed by atoms with van der Waals surface area (Å²) in [6.07, 6.45) is 0. The zero-order chi connectivity index (χ0) is 20.5. The van der Waals surface area contributed by atoms with Crippen LogP contribution in [0.1, 0.15) is 12.5 Å². The van der Waals surface area contributed by atoms with E-state index in [1.54, 1.807) is 6.07 Å². The number of hydrogen-bond donors (Lipinski definition) is 2. The number of benzene rings is 3. The standard InChI is InChI=1S/C23H23FN2O3/c1-2-28-22-14-17(15-25-19-6-4-3-5-7-19)8-13-21(22)29-16-23(27)26-20-11-9-18(24)10-12-20/h3-14,25H,2,15-16H2,1H3,(H,26,27). The molecule has 0 radical (unpaired) electrons. The minimum atomic E-state index is -0.359. The van der Waals surface area contributed by atoms with Gasteiger partial charge in [0.2, 0.25) is 0 Å². The van der Waals surface area contributed by atoms with E-state index in [1.807, 2.05) is 49.4 Å². The van der Waals surface area contributed by atoms with Gasteiger partial charge in [-0.3, -0.25) is 4.79 Å².